The standard InChI is InChI=1S/C21H19N3O2/c1-15-8-10-17(11-9-15)23-20(25)16-12-13-22-19(14-16)21(26)24(2)18-6-4-3-5-7-18/h3-14H,1-2H3,(H,23,25). The van der Waals surface area contributed by atoms with Crippen LogP contribution in [-0.4, -0.2) is 23.8 Å². The first-order chi connectivity index (χ1) is 12.5. The zero-order chi connectivity index (χ0) is 18.5. The lowest BCUT2D eigenvalue weighted by molar-refractivity contribution is 0.0988. The van der Waals surface area contributed by atoms with E-state index in [9.17, 15) is 9.59 Å². The zero-order valence-corrected chi connectivity index (χ0v) is 14.6. The molecule has 3 rings (SSSR count). The van der Waals surface area contributed by atoms with Crippen molar-refractivity contribution >= 4 is 23.2 Å². The van der Waals surface area contributed by atoms with Crippen LogP contribution >= 0.6 is 0 Å². The first-order valence-corrected chi connectivity index (χ1v) is 8.22. The zero-order valence-electron chi connectivity index (χ0n) is 14.6. The third kappa shape index (κ3) is 3.95. The highest BCUT2D eigenvalue weighted by Crippen LogP contribution is 2.15. The molecule has 1 heterocycles. The van der Waals surface area contributed by atoms with Gasteiger partial charge in [-0.05, 0) is 43.3 Å². The Hall–Kier alpha value is -3.47. The largest absolute Gasteiger partial charge is 0.322 e. The number of hydrogen-bond donors (Lipinski definition) is 1. The molecular weight excluding hydrogens is 326 g/mol. The minimum absolute atomic E-state index is 0.216. The Kier molecular flexibility index (Phi) is 5.08. The molecule has 2 aromatic carbocycles. The van der Waals surface area contributed by atoms with E-state index in [1.54, 1.807) is 13.1 Å². The van der Waals surface area contributed by atoms with Gasteiger partial charge in [-0.3, -0.25) is 14.6 Å². The van der Waals surface area contributed by atoms with E-state index < -0.39 is 0 Å². The van der Waals surface area contributed by atoms with Crippen LogP contribution in [0.3, 0.4) is 0 Å². The molecule has 0 saturated carbocycles. The van der Waals surface area contributed by atoms with Gasteiger partial charge in [-0.15, -0.1) is 0 Å². The molecule has 26 heavy (non-hydrogen) atoms. The van der Waals surface area contributed by atoms with Crippen molar-refractivity contribution in [3.8, 4) is 0 Å². The Balaban J connectivity index is 1.78. The molecule has 3 aromatic rings. The van der Waals surface area contributed by atoms with Gasteiger partial charge in [0.1, 0.15) is 5.69 Å². The first-order valence-electron chi connectivity index (χ1n) is 8.22. The van der Waals surface area contributed by atoms with Crippen LogP contribution in [0.25, 0.3) is 0 Å². The van der Waals surface area contributed by atoms with E-state index in [0.29, 0.717) is 11.3 Å². The molecule has 0 aliphatic rings. The minimum atomic E-state index is -0.285. The van der Waals surface area contributed by atoms with Gasteiger partial charge in [-0.2, -0.15) is 0 Å². The predicted molar refractivity (Wildman–Crippen MR) is 103 cm³/mol. The molecule has 0 aliphatic carbocycles. The molecule has 2 amide bonds. The van der Waals surface area contributed by atoms with Crippen molar-refractivity contribution in [2.75, 3.05) is 17.3 Å². The molecule has 1 N–H and O–H groups in total. The van der Waals surface area contributed by atoms with Gasteiger partial charge in [-0.25, -0.2) is 0 Å². The van der Waals surface area contributed by atoms with E-state index in [4.69, 9.17) is 0 Å². The van der Waals surface area contributed by atoms with Gasteiger partial charge in [0.2, 0.25) is 0 Å². The van der Waals surface area contributed by atoms with Crippen LogP contribution < -0.4 is 10.2 Å². The number of amides is 2. The van der Waals surface area contributed by atoms with Gasteiger partial charge < -0.3 is 10.2 Å². The molecule has 0 radical (unpaired) electrons. The number of rotatable bonds is 4. The maximum atomic E-state index is 12.6. The Morgan fingerprint density at radius 3 is 2.35 bits per heavy atom. The van der Waals surface area contributed by atoms with Crippen LogP contribution in [0.5, 0.6) is 0 Å². The van der Waals surface area contributed by atoms with Crippen molar-refractivity contribution in [3.63, 3.8) is 0 Å². The monoisotopic (exact) mass is 345 g/mol. The molecule has 0 bridgehead atoms. The summed E-state index contributed by atoms with van der Waals surface area (Å²) >= 11 is 0. The first kappa shape index (κ1) is 17.4. The van der Waals surface area contributed by atoms with E-state index in [1.165, 1.54) is 17.2 Å². The number of carbonyl (C=O) groups excluding carboxylic acids is 2. The van der Waals surface area contributed by atoms with E-state index in [1.807, 2.05) is 61.5 Å². The Morgan fingerprint density at radius 2 is 1.65 bits per heavy atom. The molecule has 5 heteroatoms. The van der Waals surface area contributed by atoms with E-state index in [-0.39, 0.29) is 17.5 Å². The second-order valence-electron chi connectivity index (χ2n) is 5.95. The number of nitrogens with one attached hydrogen (secondary N) is 1. The number of pyridine rings is 1. The molecule has 130 valence electrons. The Bertz CT molecular complexity index is 922. The summed E-state index contributed by atoms with van der Waals surface area (Å²) in [6, 6.07) is 19.9. The highest BCUT2D eigenvalue weighted by atomic mass is 16.2. The SMILES string of the molecule is Cc1ccc(NC(=O)c2ccnc(C(=O)N(C)c3ccccc3)c2)cc1. The average molecular weight is 345 g/mol. The summed E-state index contributed by atoms with van der Waals surface area (Å²) in [5.41, 5.74) is 3.17. The molecule has 0 saturated heterocycles. The Labute approximate surface area is 152 Å². The van der Waals surface area contributed by atoms with Crippen LogP contribution in [-0.2, 0) is 0 Å². The van der Waals surface area contributed by atoms with Gasteiger partial charge in [0.15, 0.2) is 0 Å². The lowest BCUT2D eigenvalue weighted by atomic mass is 10.1. The summed E-state index contributed by atoms with van der Waals surface area (Å²) < 4.78 is 0. The third-order valence-electron chi connectivity index (χ3n) is 4.00. The van der Waals surface area contributed by atoms with Gasteiger partial charge in [-0.1, -0.05) is 35.9 Å². The third-order valence-corrected chi connectivity index (χ3v) is 4.00. The Morgan fingerprint density at radius 1 is 0.962 bits per heavy atom. The van der Waals surface area contributed by atoms with Crippen molar-refractivity contribution in [3.05, 3.63) is 89.7 Å². The molecule has 0 unspecified atom stereocenters. The van der Waals surface area contributed by atoms with Gasteiger partial charge in [0.05, 0.1) is 0 Å². The maximum absolute atomic E-state index is 12.6. The maximum Gasteiger partial charge on any atom is 0.276 e. The normalized spacial score (nSPS) is 10.2. The van der Waals surface area contributed by atoms with Crippen LogP contribution in [0.2, 0.25) is 0 Å². The van der Waals surface area contributed by atoms with Gasteiger partial charge in [0.25, 0.3) is 11.8 Å². The molecule has 0 fully saturated rings. The van der Waals surface area contributed by atoms with E-state index in [2.05, 4.69) is 10.3 Å². The molecule has 0 aliphatic heterocycles. The lowest BCUT2D eigenvalue weighted by Gasteiger charge is -2.17. The average Bonchev–Trinajstić information content (AvgIpc) is 2.69. The number of aryl methyl sites for hydroxylation is 1. The van der Waals surface area contributed by atoms with Crippen LogP contribution in [0.15, 0.2) is 72.9 Å². The number of nitrogens with zero attached hydrogens (tertiary/aromatic N) is 2. The summed E-state index contributed by atoms with van der Waals surface area (Å²) in [6.45, 7) is 1.98. The van der Waals surface area contributed by atoms with Crippen LogP contribution in [0.1, 0.15) is 26.4 Å². The van der Waals surface area contributed by atoms with Crippen molar-refractivity contribution in [1.82, 2.24) is 4.98 Å². The number of para-hydroxylation sites is 1. The van der Waals surface area contributed by atoms with Crippen molar-refractivity contribution in [1.29, 1.82) is 0 Å². The summed E-state index contributed by atoms with van der Waals surface area (Å²) in [5, 5.41) is 2.82. The highest BCUT2D eigenvalue weighted by molar-refractivity contribution is 6.08. The fraction of sp³-hybridized carbons (Fsp3) is 0.0952. The van der Waals surface area contributed by atoms with E-state index in [0.717, 1.165) is 11.3 Å². The second-order valence-corrected chi connectivity index (χ2v) is 5.95. The summed E-state index contributed by atoms with van der Waals surface area (Å²) in [4.78, 5) is 30.7. The van der Waals surface area contributed by atoms with Crippen LogP contribution in [0, 0.1) is 6.92 Å². The lowest BCUT2D eigenvalue weighted by Crippen LogP contribution is -2.27. The van der Waals surface area contributed by atoms with Gasteiger partial charge >= 0.3 is 0 Å². The smallest absolute Gasteiger partial charge is 0.276 e. The second kappa shape index (κ2) is 7.61. The van der Waals surface area contributed by atoms with Gasteiger partial charge in [0, 0.05) is 30.2 Å². The van der Waals surface area contributed by atoms with Crippen LogP contribution in [0.4, 0.5) is 11.4 Å². The number of carbonyl (C=O) groups is 2. The topological polar surface area (TPSA) is 62.3 Å². The van der Waals surface area contributed by atoms with Crippen molar-refractivity contribution in [2.45, 2.75) is 6.92 Å². The fourth-order valence-corrected chi connectivity index (χ4v) is 2.47. The predicted octanol–water partition coefficient (Wildman–Crippen LogP) is 3.92. The van der Waals surface area contributed by atoms with E-state index >= 15 is 0 Å². The number of benzene rings is 2. The fourth-order valence-electron chi connectivity index (χ4n) is 2.47. The molecular formula is C21H19N3O2. The quantitative estimate of drug-likeness (QED) is 0.779. The highest BCUT2D eigenvalue weighted by Gasteiger charge is 2.17. The van der Waals surface area contributed by atoms with Crippen molar-refractivity contribution < 1.29 is 9.59 Å². The molecule has 1 aromatic heterocycles. The molecule has 0 spiro atoms. The molecule has 0 atom stereocenters. The van der Waals surface area contributed by atoms with Crippen molar-refractivity contribution in [2.24, 2.45) is 0 Å². The number of anilines is 2. The summed E-state index contributed by atoms with van der Waals surface area (Å²) in [5.74, 6) is -0.561. The number of hydrogen-bond acceptors (Lipinski definition) is 3. The number of aromatic nitrogens is 1. The minimum Gasteiger partial charge on any atom is -0.322 e. The molecule has 5 nitrogen and oxygen atoms in total. The summed E-state index contributed by atoms with van der Waals surface area (Å²) in [7, 11) is 1.68. The summed E-state index contributed by atoms with van der Waals surface area (Å²) in [6.07, 6.45) is 1.47.